The van der Waals surface area contributed by atoms with Crippen LogP contribution in [0.15, 0.2) is 36.5 Å². The van der Waals surface area contributed by atoms with Crippen LogP contribution in [-0.2, 0) is 0 Å². The number of aromatic amines is 1. The molecule has 3 aromatic rings. The van der Waals surface area contributed by atoms with E-state index in [1.807, 2.05) is 24.4 Å². The van der Waals surface area contributed by atoms with Gasteiger partial charge in [-0.1, -0.05) is 24.3 Å². The molecule has 0 saturated carbocycles. The van der Waals surface area contributed by atoms with Crippen molar-refractivity contribution in [1.29, 1.82) is 0 Å². The lowest BCUT2D eigenvalue weighted by Gasteiger charge is -2.25. The van der Waals surface area contributed by atoms with E-state index in [9.17, 15) is 0 Å². The Kier molecular flexibility index (Phi) is 3.01. The van der Waals surface area contributed by atoms with Crippen LogP contribution in [0.3, 0.4) is 0 Å². The lowest BCUT2D eigenvalue weighted by Crippen LogP contribution is -2.44. The van der Waals surface area contributed by atoms with Gasteiger partial charge in [0, 0.05) is 37.8 Å². The van der Waals surface area contributed by atoms with Gasteiger partial charge in [-0.05, 0) is 11.5 Å². The van der Waals surface area contributed by atoms with E-state index in [0.717, 1.165) is 54.4 Å². The fourth-order valence-corrected chi connectivity index (χ4v) is 2.67. The van der Waals surface area contributed by atoms with Crippen LogP contribution in [0, 0.1) is 0 Å². The van der Waals surface area contributed by atoms with E-state index >= 15 is 0 Å². The summed E-state index contributed by atoms with van der Waals surface area (Å²) >= 11 is 0. The Morgan fingerprint density at radius 3 is 2.81 bits per heavy atom. The van der Waals surface area contributed by atoms with Crippen molar-refractivity contribution in [1.82, 2.24) is 25.5 Å². The Morgan fingerprint density at radius 2 is 1.90 bits per heavy atom. The molecule has 0 radical (unpaired) electrons. The first-order valence-corrected chi connectivity index (χ1v) is 7.14. The summed E-state index contributed by atoms with van der Waals surface area (Å²) in [6, 6.07) is 10.2. The first-order chi connectivity index (χ1) is 10.4. The van der Waals surface area contributed by atoms with E-state index in [-0.39, 0.29) is 0 Å². The summed E-state index contributed by atoms with van der Waals surface area (Å²) in [6.45, 7) is 3.80. The molecule has 0 aliphatic carbocycles. The van der Waals surface area contributed by atoms with E-state index < -0.39 is 0 Å². The fourth-order valence-electron chi connectivity index (χ4n) is 2.67. The van der Waals surface area contributed by atoms with Crippen LogP contribution >= 0.6 is 0 Å². The number of hydrogen-bond acceptors (Lipinski definition) is 5. The summed E-state index contributed by atoms with van der Waals surface area (Å²) in [4.78, 5) is 11.3. The molecule has 0 unspecified atom stereocenters. The number of benzene rings is 1. The second-order valence-corrected chi connectivity index (χ2v) is 5.10. The zero-order chi connectivity index (χ0) is 14.1. The van der Waals surface area contributed by atoms with Gasteiger partial charge in [0.2, 0.25) is 5.95 Å². The Hall–Kier alpha value is -2.47. The van der Waals surface area contributed by atoms with Crippen molar-refractivity contribution in [2.24, 2.45) is 0 Å². The summed E-state index contributed by atoms with van der Waals surface area (Å²) in [7, 11) is 0. The molecule has 1 saturated heterocycles. The van der Waals surface area contributed by atoms with Gasteiger partial charge in [-0.3, -0.25) is 10.1 Å². The number of pyridine rings is 1. The van der Waals surface area contributed by atoms with E-state index in [1.165, 1.54) is 0 Å². The molecule has 0 amide bonds. The first kappa shape index (κ1) is 12.3. The van der Waals surface area contributed by atoms with Gasteiger partial charge in [0.25, 0.3) is 0 Å². The molecule has 4 rings (SSSR count). The maximum absolute atomic E-state index is 4.62. The van der Waals surface area contributed by atoms with E-state index in [1.54, 1.807) is 0 Å². The number of rotatable bonds is 2. The van der Waals surface area contributed by atoms with Crippen molar-refractivity contribution in [3.63, 3.8) is 0 Å². The lowest BCUT2D eigenvalue weighted by molar-refractivity contribution is 0.580. The van der Waals surface area contributed by atoms with E-state index in [4.69, 9.17) is 0 Å². The molecule has 3 heterocycles. The number of fused-ring (bicyclic) bond motifs is 1. The van der Waals surface area contributed by atoms with Crippen molar-refractivity contribution < 1.29 is 0 Å². The number of piperazine rings is 1. The van der Waals surface area contributed by atoms with Crippen molar-refractivity contribution in [3.05, 3.63) is 36.5 Å². The number of hydrogen-bond donors (Lipinski definition) is 2. The molecule has 2 N–H and O–H groups in total. The smallest absolute Gasteiger partial charge is 0.245 e. The fraction of sp³-hybridized carbons (Fsp3) is 0.267. The highest BCUT2D eigenvalue weighted by Gasteiger charge is 2.16. The van der Waals surface area contributed by atoms with Gasteiger partial charge < -0.3 is 10.2 Å². The Bertz CT molecular complexity index is 754. The molecule has 1 aromatic carbocycles. The van der Waals surface area contributed by atoms with Crippen LogP contribution in [0.5, 0.6) is 0 Å². The van der Waals surface area contributed by atoms with Crippen molar-refractivity contribution >= 4 is 16.7 Å². The van der Waals surface area contributed by atoms with E-state index in [0.29, 0.717) is 0 Å². The minimum atomic E-state index is 0.723. The second kappa shape index (κ2) is 5.14. The van der Waals surface area contributed by atoms with Crippen molar-refractivity contribution in [2.45, 2.75) is 0 Å². The molecule has 0 spiro atoms. The van der Waals surface area contributed by atoms with Crippen LogP contribution in [0.4, 0.5) is 5.95 Å². The molecule has 106 valence electrons. The van der Waals surface area contributed by atoms with Gasteiger partial charge in [-0.2, -0.15) is 4.98 Å². The van der Waals surface area contributed by atoms with Gasteiger partial charge in [-0.15, -0.1) is 5.10 Å². The molecule has 21 heavy (non-hydrogen) atoms. The third kappa shape index (κ3) is 2.23. The normalized spacial score (nSPS) is 15.5. The molecule has 6 nitrogen and oxygen atoms in total. The molecular weight excluding hydrogens is 264 g/mol. The van der Waals surface area contributed by atoms with Crippen LogP contribution in [0.2, 0.25) is 0 Å². The monoisotopic (exact) mass is 280 g/mol. The second-order valence-electron chi connectivity index (χ2n) is 5.10. The number of H-pyrrole nitrogens is 1. The summed E-state index contributed by atoms with van der Waals surface area (Å²) in [5.74, 6) is 1.47. The number of aromatic nitrogens is 4. The number of nitrogens with one attached hydrogen (secondary N) is 2. The number of nitrogens with zero attached hydrogens (tertiary/aromatic N) is 4. The minimum Gasteiger partial charge on any atom is -0.337 e. The third-order valence-electron chi connectivity index (χ3n) is 3.77. The average molecular weight is 280 g/mol. The van der Waals surface area contributed by atoms with Crippen molar-refractivity contribution in [3.8, 4) is 11.5 Å². The van der Waals surface area contributed by atoms with Crippen LogP contribution in [-0.4, -0.2) is 46.3 Å². The van der Waals surface area contributed by atoms with E-state index in [2.05, 4.69) is 42.5 Å². The van der Waals surface area contributed by atoms with Gasteiger partial charge in [0.15, 0.2) is 5.82 Å². The summed E-state index contributed by atoms with van der Waals surface area (Å²) in [6.07, 6.45) is 1.81. The van der Waals surface area contributed by atoms with Crippen LogP contribution < -0.4 is 10.2 Å². The molecular formula is C15H16N6. The van der Waals surface area contributed by atoms with Crippen molar-refractivity contribution in [2.75, 3.05) is 31.1 Å². The lowest BCUT2D eigenvalue weighted by atomic mass is 10.1. The molecule has 1 aliphatic rings. The highest BCUT2D eigenvalue weighted by Crippen LogP contribution is 2.24. The minimum absolute atomic E-state index is 0.723. The molecule has 2 aromatic heterocycles. The van der Waals surface area contributed by atoms with Gasteiger partial charge in [-0.25, -0.2) is 0 Å². The quantitative estimate of drug-likeness (QED) is 0.743. The molecule has 0 bridgehead atoms. The van der Waals surface area contributed by atoms with Gasteiger partial charge in [0.1, 0.15) is 5.69 Å². The van der Waals surface area contributed by atoms with Crippen LogP contribution in [0.1, 0.15) is 0 Å². The predicted molar refractivity (Wildman–Crippen MR) is 82.2 cm³/mol. The summed E-state index contributed by atoms with van der Waals surface area (Å²) in [5, 5.41) is 12.9. The largest absolute Gasteiger partial charge is 0.337 e. The summed E-state index contributed by atoms with van der Waals surface area (Å²) < 4.78 is 0. The topological polar surface area (TPSA) is 69.7 Å². The highest BCUT2D eigenvalue weighted by molar-refractivity contribution is 5.92. The predicted octanol–water partition coefficient (Wildman–Crippen LogP) is 1.43. The molecule has 1 fully saturated rings. The van der Waals surface area contributed by atoms with Gasteiger partial charge in [0.05, 0.1) is 0 Å². The SMILES string of the molecule is c1ccc2c(-c3nc(N4CCNCC4)n[nH]3)nccc2c1. The third-order valence-corrected chi connectivity index (χ3v) is 3.77. The molecule has 6 heteroatoms. The van der Waals surface area contributed by atoms with Crippen LogP contribution in [0.25, 0.3) is 22.3 Å². The number of anilines is 1. The Morgan fingerprint density at radius 1 is 1.05 bits per heavy atom. The average Bonchev–Trinajstić information content (AvgIpc) is 3.05. The molecule has 0 atom stereocenters. The Labute approximate surface area is 122 Å². The highest BCUT2D eigenvalue weighted by atomic mass is 15.4. The summed E-state index contributed by atoms with van der Waals surface area (Å²) in [5.41, 5.74) is 0.849. The maximum atomic E-state index is 4.62. The first-order valence-electron chi connectivity index (χ1n) is 7.14. The molecule has 1 aliphatic heterocycles. The standard InChI is InChI=1S/C15H16N6/c1-2-4-12-11(3-1)5-6-17-13(12)14-18-15(20-19-14)21-9-7-16-8-10-21/h1-6,16H,7-10H2,(H,18,19,20). The maximum Gasteiger partial charge on any atom is 0.245 e. The zero-order valence-corrected chi connectivity index (χ0v) is 11.6. The Balaban J connectivity index is 1.74. The van der Waals surface area contributed by atoms with Gasteiger partial charge >= 0.3 is 0 Å². The zero-order valence-electron chi connectivity index (χ0n) is 11.6.